The SMILES string of the molecule is Cc1c(C(=O)O)ccc(S(C)(=O)=O)c1-c1ccon1. The van der Waals surface area contributed by atoms with Gasteiger partial charge in [0.15, 0.2) is 9.84 Å². The average Bonchev–Trinajstić information content (AvgIpc) is 2.79. The third-order valence-corrected chi connectivity index (χ3v) is 3.89. The second-order valence-electron chi connectivity index (χ2n) is 4.07. The van der Waals surface area contributed by atoms with Gasteiger partial charge in [0.2, 0.25) is 0 Å². The van der Waals surface area contributed by atoms with Crippen LogP contribution in [0.25, 0.3) is 11.3 Å². The van der Waals surface area contributed by atoms with Gasteiger partial charge in [-0.25, -0.2) is 13.2 Å². The van der Waals surface area contributed by atoms with E-state index in [0.29, 0.717) is 11.3 Å². The molecule has 6 nitrogen and oxygen atoms in total. The number of aromatic nitrogens is 1. The van der Waals surface area contributed by atoms with E-state index in [1.807, 2.05) is 0 Å². The summed E-state index contributed by atoms with van der Waals surface area (Å²) in [5.41, 5.74) is 0.923. The van der Waals surface area contributed by atoms with Crippen LogP contribution in [0.3, 0.4) is 0 Å². The highest BCUT2D eigenvalue weighted by Crippen LogP contribution is 2.31. The molecule has 1 heterocycles. The Bertz CT molecular complexity index is 732. The minimum Gasteiger partial charge on any atom is -0.478 e. The Labute approximate surface area is 109 Å². The van der Waals surface area contributed by atoms with Gasteiger partial charge in [-0.05, 0) is 24.6 Å². The molecule has 19 heavy (non-hydrogen) atoms. The van der Waals surface area contributed by atoms with Crippen LogP contribution in [0, 0.1) is 6.92 Å². The quantitative estimate of drug-likeness (QED) is 0.920. The Morgan fingerprint density at radius 3 is 2.47 bits per heavy atom. The van der Waals surface area contributed by atoms with Crippen LogP contribution in [0.1, 0.15) is 15.9 Å². The normalized spacial score (nSPS) is 11.5. The van der Waals surface area contributed by atoms with E-state index in [0.717, 1.165) is 6.26 Å². The molecule has 0 aliphatic rings. The van der Waals surface area contributed by atoms with E-state index >= 15 is 0 Å². The molecule has 0 saturated carbocycles. The summed E-state index contributed by atoms with van der Waals surface area (Å²) in [7, 11) is -3.50. The van der Waals surface area contributed by atoms with E-state index in [1.54, 1.807) is 6.92 Å². The van der Waals surface area contributed by atoms with E-state index in [1.165, 1.54) is 24.5 Å². The maximum Gasteiger partial charge on any atom is 0.335 e. The maximum absolute atomic E-state index is 11.8. The Morgan fingerprint density at radius 2 is 2.00 bits per heavy atom. The van der Waals surface area contributed by atoms with Gasteiger partial charge in [-0.2, -0.15) is 0 Å². The first-order valence-corrected chi connectivity index (χ1v) is 7.19. The summed E-state index contributed by atoms with van der Waals surface area (Å²) < 4.78 is 28.3. The smallest absolute Gasteiger partial charge is 0.335 e. The number of carbonyl (C=O) groups is 1. The lowest BCUT2D eigenvalue weighted by Gasteiger charge is -2.11. The lowest BCUT2D eigenvalue weighted by atomic mass is 10.00. The zero-order valence-electron chi connectivity index (χ0n) is 10.2. The Hall–Kier alpha value is -2.15. The summed E-state index contributed by atoms with van der Waals surface area (Å²) in [6.07, 6.45) is 2.36. The number of carboxylic acids is 1. The zero-order valence-corrected chi connectivity index (χ0v) is 11.1. The summed E-state index contributed by atoms with van der Waals surface area (Å²) >= 11 is 0. The molecule has 1 aromatic carbocycles. The van der Waals surface area contributed by atoms with E-state index in [4.69, 9.17) is 9.63 Å². The molecule has 0 bridgehead atoms. The third kappa shape index (κ3) is 2.37. The second kappa shape index (κ2) is 4.51. The third-order valence-electron chi connectivity index (χ3n) is 2.75. The van der Waals surface area contributed by atoms with Crippen molar-refractivity contribution in [3.05, 3.63) is 35.6 Å². The average molecular weight is 281 g/mol. The molecule has 1 N–H and O–H groups in total. The van der Waals surface area contributed by atoms with Crippen LogP contribution in [0.4, 0.5) is 0 Å². The summed E-state index contributed by atoms with van der Waals surface area (Å²) in [4.78, 5) is 11.1. The monoisotopic (exact) mass is 281 g/mol. The zero-order chi connectivity index (χ0) is 14.2. The number of nitrogens with zero attached hydrogens (tertiary/aromatic N) is 1. The molecule has 0 spiro atoms. The molecule has 1 aromatic heterocycles. The summed E-state index contributed by atoms with van der Waals surface area (Å²) in [5, 5.41) is 12.8. The van der Waals surface area contributed by atoms with Crippen LogP contribution in [0.15, 0.2) is 33.9 Å². The van der Waals surface area contributed by atoms with Crippen molar-refractivity contribution < 1.29 is 22.8 Å². The van der Waals surface area contributed by atoms with Crippen LogP contribution in [0.2, 0.25) is 0 Å². The van der Waals surface area contributed by atoms with E-state index in [2.05, 4.69) is 5.16 Å². The first kappa shape index (κ1) is 13.3. The summed E-state index contributed by atoms with van der Waals surface area (Å²) in [6.45, 7) is 1.54. The fourth-order valence-corrected chi connectivity index (χ4v) is 2.83. The molecule has 0 atom stereocenters. The molecule has 0 fully saturated rings. The van der Waals surface area contributed by atoms with Crippen LogP contribution in [-0.2, 0) is 9.84 Å². The molecule has 100 valence electrons. The highest BCUT2D eigenvalue weighted by molar-refractivity contribution is 7.90. The molecule has 7 heteroatoms. The number of hydrogen-bond acceptors (Lipinski definition) is 5. The summed E-state index contributed by atoms with van der Waals surface area (Å²) in [5.74, 6) is -1.12. The molecular formula is C12H11NO5S. The van der Waals surface area contributed by atoms with Crippen LogP contribution >= 0.6 is 0 Å². The van der Waals surface area contributed by atoms with Gasteiger partial charge in [0.05, 0.1) is 10.5 Å². The second-order valence-corrected chi connectivity index (χ2v) is 6.06. The van der Waals surface area contributed by atoms with Crippen molar-refractivity contribution in [1.82, 2.24) is 5.16 Å². The van der Waals surface area contributed by atoms with Crippen molar-refractivity contribution >= 4 is 15.8 Å². The van der Waals surface area contributed by atoms with Gasteiger partial charge < -0.3 is 9.63 Å². The molecule has 0 unspecified atom stereocenters. The molecular weight excluding hydrogens is 270 g/mol. The van der Waals surface area contributed by atoms with Crippen LogP contribution in [0.5, 0.6) is 0 Å². The molecule has 0 aliphatic carbocycles. The predicted octanol–water partition coefficient (Wildman–Crippen LogP) is 1.75. The predicted molar refractivity (Wildman–Crippen MR) is 66.7 cm³/mol. The van der Waals surface area contributed by atoms with E-state index in [-0.39, 0.29) is 16.0 Å². The topological polar surface area (TPSA) is 97.5 Å². The fraction of sp³-hybridized carbons (Fsp3) is 0.167. The Kier molecular flexibility index (Phi) is 3.15. The van der Waals surface area contributed by atoms with Gasteiger partial charge in [-0.15, -0.1) is 0 Å². The van der Waals surface area contributed by atoms with Gasteiger partial charge in [0.25, 0.3) is 0 Å². The molecule has 0 saturated heterocycles. The minimum absolute atomic E-state index is 0.0314. The van der Waals surface area contributed by atoms with Gasteiger partial charge in [-0.1, -0.05) is 5.16 Å². The van der Waals surface area contributed by atoms with Crippen molar-refractivity contribution in [2.24, 2.45) is 0 Å². The molecule has 2 rings (SSSR count). The lowest BCUT2D eigenvalue weighted by molar-refractivity contribution is 0.0696. The number of benzene rings is 1. The number of carboxylic acid groups (broad SMARTS) is 1. The van der Waals surface area contributed by atoms with E-state index in [9.17, 15) is 13.2 Å². The lowest BCUT2D eigenvalue weighted by Crippen LogP contribution is -2.07. The number of aromatic carboxylic acids is 1. The molecule has 2 aromatic rings. The minimum atomic E-state index is -3.50. The van der Waals surface area contributed by atoms with Crippen molar-refractivity contribution in [1.29, 1.82) is 0 Å². The van der Waals surface area contributed by atoms with Gasteiger partial charge >= 0.3 is 5.97 Å². The molecule has 0 amide bonds. The van der Waals surface area contributed by atoms with Crippen LogP contribution < -0.4 is 0 Å². The standard InChI is InChI=1S/C12H11NO5S/c1-7-8(12(14)15)3-4-10(19(2,16)17)11(7)9-5-6-18-13-9/h3-6H,1-2H3,(H,14,15). The van der Waals surface area contributed by atoms with Gasteiger partial charge in [0, 0.05) is 17.9 Å². The number of rotatable bonds is 3. The Balaban J connectivity index is 2.86. The molecule has 0 radical (unpaired) electrons. The maximum atomic E-state index is 11.8. The number of sulfone groups is 1. The highest BCUT2D eigenvalue weighted by Gasteiger charge is 2.22. The Morgan fingerprint density at radius 1 is 1.32 bits per heavy atom. The van der Waals surface area contributed by atoms with Gasteiger partial charge in [-0.3, -0.25) is 0 Å². The molecule has 0 aliphatic heterocycles. The van der Waals surface area contributed by atoms with Crippen molar-refractivity contribution in [3.8, 4) is 11.3 Å². The first-order valence-electron chi connectivity index (χ1n) is 5.30. The highest BCUT2D eigenvalue weighted by atomic mass is 32.2. The van der Waals surface area contributed by atoms with Crippen molar-refractivity contribution in [3.63, 3.8) is 0 Å². The number of hydrogen-bond donors (Lipinski definition) is 1. The largest absolute Gasteiger partial charge is 0.478 e. The van der Waals surface area contributed by atoms with Gasteiger partial charge in [0.1, 0.15) is 12.0 Å². The summed E-state index contributed by atoms with van der Waals surface area (Å²) in [6, 6.07) is 4.04. The van der Waals surface area contributed by atoms with Crippen LogP contribution in [-0.4, -0.2) is 30.9 Å². The van der Waals surface area contributed by atoms with E-state index < -0.39 is 15.8 Å². The first-order chi connectivity index (χ1) is 8.82. The van der Waals surface area contributed by atoms with Crippen molar-refractivity contribution in [2.45, 2.75) is 11.8 Å². The fourth-order valence-electron chi connectivity index (χ4n) is 1.89. The van der Waals surface area contributed by atoms with Crippen molar-refractivity contribution in [2.75, 3.05) is 6.26 Å².